The van der Waals surface area contributed by atoms with E-state index in [0.29, 0.717) is 6.42 Å². The molecule has 1 amide bonds. The lowest BCUT2D eigenvalue weighted by Crippen LogP contribution is -2.40. The Morgan fingerprint density at radius 2 is 2.06 bits per heavy atom. The van der Waals surface area contributed by atoms with Gasteiger partial charge < -0.3 is 20.9 Å². The number of aliphatic hydroxyl groups is 1. The molecule has 0 saturated carbocycles. The summed E-state index contributed by atoms with van der Waals surface area (Å²) in [7, 11) is 1.60. The van der Waals surface area contributed by atoms with Crippen LogP contribution < -0.4 is 15.8 Å². The third-order valence-electron chi connectivity index (χ3n) is 2.67. The van der Waals surface area contributed by atoms with Gasteiger partial charge in [0.2, 0.25) is 5.91 Å². The lowest BCUT2D eigenvalue weighted by Gasteiger charge is -2.19. The largest absolute Gasteiger partial charge is 0.497 e. The molecule has 0 saturated heterocycles. The molecule has 4 N–H and O–H groups in total. The lowest BCUT2D eigenvalue weighted by atomic mass is 10.0. The van der Waals surface area contributed by atoms with E-state index in [2.05, 4.69) is 5.32 Å². The van der Waals surface area contributed by atoms with Gasteiger partial charge in [0.1, 0.15) is 5.75 Å². The Morgan fingerprint density at radius 3 is 2.50 bits per heavy atom. The zero-order valence-corrected chi connectivity index (χ0v) is 10.7. The number of ether oxygens (including phenoxy) is 1. The number of rotatable bonds is 6. The van der Waals surface area contributed by atoms with Gasteiger partial charge in [0.15, 0.2) is 0 Å². The van der Waals surface area contributed by atoms with Crippen LogP contribution in [0, 0.1) is 0 Å². The second-order valence-electron chi connectivity index (χ2n) is 4.14. The zero-order chi connectivity index (χ0) is 13.5. The molecule has 100 valence electrons. The summed E-state index contributed by atoms with van der Waals surface area (Å²) in [5.41, 5.74) is 6.43. The van der Waals surface area contributed by atoms with Gasteiger partial charge >= 0.3 is 0 Å². The minimum absolute atomic E-state index is 0.00404. The van der Waals surface area contributed by atoms with Crippen molar-refractivity contribution in [2.75, 3.05) is 13.7 Å². The molecule has 0 bridgehead atoms. The van der Waals surface area contributed by atoms with Gasteiger partial charge in [0.25, 0.3) is 0 Å². The van der Waals surface area contributed by atoms with Crippen molar-refractivity contribution in [3.63, 3.8) is 0 Å². The average molecular weight is 252 g/mol. The first kappa shape index (κ1) is 14.5. The molecule has 18 heavy (non-hydrogen) atoms. The van der Waals surface area contributed by atoms with Crippen LogP contribution in [0.2, 0.25) is 0 Å². The molecular formula is C13H20N2O3. The van der Waals surface area contributed by atoms with Crippen molar-refractivity contribution in [2.45, 2.75) is 25.4 Å². The summed E-state index contributed by atoms with van der Waals surface area (Å²) in [6.45, 7) is 1.62. The van der Waals surface area contributed by atoms with Crippen LogP contribution in [0.5, 0.6) is 5.75 Å². The second-order valence-corrected chi connectivity index (χ2v) is 4.14. The van der Waals surface area contributed by atoms with E-state index < -0.39 is 6.04 Å². The third-order valence-corrected chi connectivity index (χ3v) is 2.67. The quantitative estimate of drug-likeness (QED) is 0.691. The predicted molar refractivity (Wildman–Crippen MR) is 69.2 cm³/mol. The van der Waals surface area contributed by atoms with Crippen LogP contribution >= 0.6 is 0 Å². The van der Waals surface area contributed by atoms with E-state index in [1.165, 1.54) is 0 Å². The summed E-state index contributed by atoms with van der Waals surface area (Å²) in [6.07, 6.45) is 0.449. The first-order valence-corrected chi connectivity index (χ1v) is 5.89. The monoisotopic (exact) mass is 252 g/mol. The van der Waals surface area contributed by atoms with E-state index in [1.54, 1.807) is 14.0 Å². The molecule has 0 aromatic heterocycles. The van der Waals surface area contributed by atoms with Crippen LogP contribution in [0.15, 0.2) is 24.3 Å². The molecule has 1 aromatic rings. The molecule has 2 unspecified atom stereocenters. The Labute approximate surface area is 107 Å². The van der Waals surface area contributed by atoms with E-state index in [9.17, 15) is 4.79 Å². The number of nitrogens with one attached hydrogen (secondary N) is 1. The summed E-state index contributed by atoms with van der Waals surface area (Å²) in [5, 5.41) is 11.8. The van der Waals surface area contributed by atoms with Crippen LogP contribution in [0.3, 0.4) is 0 Å². The first-order valence-electron chi connectivity index (χ1n) is 5.89. The Morgan fingerprint density at radius 1 is 1.44 bits per heavy atom. The number of hydrogen-bond donors (Lipinski definition) is 3. The summed E-state index contributed by atoms with van der Waals surface area (Å²) >= 11 is 0. The summed E-state index contributed by atoms with van der Waals surface area (Å²) in [5.74, 6) is 0.518. The van der Waals surface area contributed by atoms with Gasteiger partial charge in [0, 0.05) is 6.61 Å². The molecule has 0 heterocycles. The molecule has 0 fully saturated rings. The zero-order valence-electron chi connectivity index (χ0n) is 10.7. The fourth-order valence-electron chi connectivity index (χ4n) is 1.59. The number of methoxy groups -OCH3 is 1. The van der Waals surface area contributed by atoms with Gasteiger partial charge in [-0.15, -0.1) is 0 Å². The smallest absolute Gasteiger partial charge is 0.237 e. The maximum Gasteiger partial charge on any atom is 0.237 e. The number of amides is 1. The molecule has 5 nitrogen and oxygen atoms in total. The molecule has 1 rings (SSSR count). The topological polar surface area (TPSA) is 84.6 Å². The molecule has 1 aromatic carbocycles. The molecule has 5 heteroatoms. The number of carbonyl (C=O) groups is 1. The maximum absolute atomic E-state index is 11.6. The molecule has 0 aliphatic heterocycles. The van der Waals surface area contributed by atoms with Gasteiger partial charge in [-0.3, -0.25) is 4.79 Å². The van der Waals surface area contributed by atoms with Gasteiger partial charge in [-0.1, -0.05) is 12.1 Å². The number of benzene rings is 1. The van der Waals surface area contributed by atoms with Crippen molar-refractivity contribution < 1.29 is 14.6 Å². The summed E-state index contributed by atoms with van der Waals surface area (Å²) in [6, 6.07) is 6.56. The predicted octanol–water partition coefficient (Wildman–Crippen LogP) is 0.582. The molecule has 0 aliphatic rings. The van der Waals surface area contributed by atoms with Crippen molar-refractivity contribution in [1.29, 1.82) is 0 Å². The highest BCUT2D eigenvalue weighted by molar-refractivity contribution is 5.81. The Balaban J connectivity index is 2.79. The number of hydrogen-bond acceptors (Lipinski definition) is 4. The minimum atomic E-state index is -0.565. The average Bonchev–Trinajstić information content (AvgIpc) is 2.38. The lowest BCUT2D eigenvalue weighted by molar-refractivity contribution is -0.122. The highest BCUT2D eigenvalue weighted by Gasteiger charge is 2.16. The highest BCUT2D eigenvalue weighted by Crippen LogP contribution is 2.20. The van der Waals surface area contributed by atoms with Gasteiger partial charge in [-0.2, -0.15) is 0 Å². The molecule has 0 spiro atoms. The van der Waals surface area contributed by atoms with Crippen LogP contribution in [0.25, 0.3) is 0 Å². The molecule has 0 aliphatic carbocycles. The van der Waals surface area contributed by atoms with Gasteiger partial charge in [-0.05, 0) is 31.0 Å². The number of aliphatic hydroxyl groups excluding tert-OH is 1. The van der Waals surface area contributed by atoms with Crippen LogP contribution in [-0.4, -0.2) is 30.8 Å². The van der Waals surface area contributed by atoms with Crippen molar-refractivity contribution in [1.82, 2.24) is 5.32 Å². The van der Waals surface area contributed by atoms with Crippen LogP contribution in [0.1, 0.15) is 24.9 Å². The Bertz CT molecular complexity index is 376. The molecule has 0 radical (unpaired) electrons. The van der Waals surface area contributed by atoms with Crippen LogP contribution in [-0.2, 0) is 4.79 Å². The van der Waals surface area contributed by atoms with Crippen molar-refractivity contribution >= 4 is 5.91 Å². The van der Waals surface area contributed by atoms with Crippen molar-refractivity contribution in [3.8, 4) is 5.75 Å². The number of carbonyl (C=O) groups excluding carboxylic acids is 1. The van der Waals surface area contributed by atoms with E-state index >= 15 is 0 Å². The number of nitrogens with two attached hydrogens (primary N) is 1. The normalized spacial score (nSPS) is 13.8. The van der Waals surface area contributed by atoms with Crippen LogP contribution in [0.4, 0.5) is 0 Å². The van der Waals surface area contributed by atoms with E-state index in [0.717, 1.165) is 11.3 Å². The fourth-order valence-corrected chi connectivity index (χ4v) is 1.59. The second kappa shape index (κ2) is 6.98. The minimum Gasteiger partial charge on any atom is -0.497 e. The summed E-state index contributed by atoms with van der Waals surface area (Å²) < 4.78 is 5.07. The fraction of sp³-hybridized carbons (Fsp3) is 0.462. The van der Waals surface area contributed by atoms with Crippen molar-refractivity contribution in [2.24, 2.45) is 5.73 Å². The molecule has 2 atom stereocenters. The summed E-state index contributed by atoms with van der Waals surface area (Å²) in [4.78, 5) is 11.6. The SMILES string of the molecule is COc1ccc(C(CCO)NC(=O)C(C)N)cc1. The highest BCUT2D eigenvalue weighted by atomic mass is 16.5. The molecular weight excluding hydrogens is 232 g/mol. The maximum atomic E-state index is 11.6. The Kier molecular flexibility index (Phi) is 5.61. The third kappa shape index (κ3) is 4.01. The standard InChI is InChI=1S/C13H20N2O3/c1-9(14)13(17)15-12(7-8-16)10-3-5-11(18-2)6-4-10/h3-6,9,12,16H,7-8,14H2,1-2H3,(H,15,17). The van der Waals surface area contributed by atoms with E-state index in [1.807, 2.05) is 24.3 Å². The van der Waals surface area contributed by atoms with E-state index in [4.69, 9.17) is 15.6 Å². The first-order chi connectivity index (χ1) is 8.58. The van der Waals surface area contributed by atoms with Gasteiger partial charge in [0.05, 0.1) is 19.2 Å². The Hall–Kier alpha value is -1.59. The van der Waals surface area contributed by atoms with Gasteiger partial charge in [-0.25, -0.2) is 0 Å². The van der Waals surface area contributed by atoms with E-state index in [-0.39, 0.29) is 18.6 Å². The van der Waals surface area contributed by atoms with Crippen molar-refractivity contribution in [3.05, 3.63) is 29.8 Å².